The van der Waals surface area contributed by atoms with E-state index in [0.29, 0.717) is 12.6 Å². The van der Waals surface area contributed by atoms with Crippen molar-refractivity contribution in [1.82, 2.24) is 10.2 Å². The first kappa shape index (κ1) is 14.0. The maximum Gasteiger partial charge on any atom is 0.171 e. The minimum atomic E-state index is -3.04. The molecule has 0 radical (unpaired) electrons. The summed E-state index contributed by atoms with van der Waals surface area (Å²) in [6.07, 6.45) is 3.79. The third-order valence-electron chi connectivity index (χ3n) is 3.02. The standard InChI is InChI=1S/C10H18N2O2S.ClH/c1-2-7-15(13,14)10-8-11-5-6-12(10)9-3-4-9;/h2,9-11H,1,3-8H2;1H. The van der Waals surface area contributed by atoms with Crippen molar-refractivity contribution in [2.75, 3.05) is 25.4 Å². The summed E-state index contributed by atoms with van der Waals surface area (Å²) in [5.74, 6) is 0.0859. The molecule has 1 aliphatic heterocycles. The average Bonchev–Trinajstić information content (AvgIpc) is 3.01. The Morgan fingerprint density at radius 2 is 2.12 bits per heavy atom. The fraction of sp³-hybridized carbons (Fsp3) is 0.800. The molecule has 1 saturated carbocycles. The molecule has 1 unspecified atom stereocenters. The van der Waals surface area contributed by atoms with Crippen LogP contribution in [0.2, 0.25) is 0 Å². The number of piperazine rings is 1. The molecular weight excluding hydrogens is 248 g/mol. The Labute approximate surface area is 103 Å². The van der Waals surface area contributed by atoms with Crippen LogP contribution in [0.15, 0.2) is 12.7 Å². The van der Waals surface area contributed by atoms with E-state index in [1.807, 2.05) is 0 Å². The fourth-order valence-corrected chi connectivity index (χ4v) is 3.74. The molecule has 0 aromatic heterocycles. The number of hydrogen-bond acceptors (Lipinski definition) is 4. The molecule has 6 heteroatoms. The normalized spacial score (nSPS) is 27.1. The van der Waals surface area contributed by atoms with Crippen LogP contribution in [0.5, 0.6) is 0 Å². The second-order valence-corrected chi connectivity index (χ2v) is 6.45. The highest BCUT2D eigenvalue weighted by atomic mass is 35.5. The van der Waals surface area contributed by atoms with Gasteiger partial charge in [0.25, 0.3) is 0 Å². The van der Waals surface area contributed by atoms with Crippen LogP contribution in [0, 0.1) is 0 Å². The molecule has 0 spiro atoms. The molecule has 0 aromatic carbocycles. The van der Waals surface area contributed by atoms with Gasteiger partial charge in [-0.15, -0.1) is 19.0 Å². The summed E-state index contributed by atoms with van der Waals surface area (Å²) in [6.45, 7) is 5.82. The first-order valence-corrected chi connectivity index (χ1v) is 7.15. The maximum atomic E-state index is 12.0. The van der Waals surface area contributed by atoms with E-state index in [4.69, 9.17) is 0 Å². The van der Waals surface area contributed by atoms with Crippen molar-refractivity contribution in [1.29, 1.82) is 0 Å². The zero-order chi connectivity index (χ0) is 10.9. The number of hydrogen-bond donors (Lipinski definition) is 1. The van der Waals surface area contributed by atoms with Gasteiger partial charge < -0.3 is 5.32 Å². The van der Waals surface area contributed by atoms with Crippen molar-refractivity contribution in [3.05, 3.63) is 12.7 Å². The number of halogens is 1. The van der Waals surface area contributed by atoms with Gasteiger partial charge in [0.1, 0.15) is 5.37 Å². The summed E-state index contributed by atoms with van der Waals surface area (Å²) in [5.41, 5.74) is 0. The first-order valence-electron chi connectivity index (χ1n) is 5.44. The van der Waals surface area contributed by atoms with Crippen LogP contribution in [0.4, 0.5) is 0 Å². The smallest absolute Gasteiger partial charge is 0.171 e. The zero-order valence-electron chi connectivity index (χ0n) is 9.26. The second-order valence-electron chi connectivity index (χ2n) is 4.25. The number of sulfone groups is 1. The Balaban J connectivity index is 0.00000128. The molecule has 0 aromatic rings. The predicted molar refractivity (Wildman–Crippen MR) is 67.6 cm³/mol. The quantitative estimate of drug-likeness (QED) is 0.749. The highest BCUT2D eigenvalue weighted by Gasteiger charge is 2.40. The molecular formula is C10H19ClN2O2S. The maximum absolute atomic E-state index is 12.0. The lowest BCUT2D eigenvalue weighted by atomic mass is 10.3. The Bertz CT molecular complexity index is 341. The van der Waals surface area contributed by atoms with Gasteiger partial charge in [-0.2, -0.15) is 0 Å². The van der Waals surface area contributed by atoms with Crippen molar-refractivity contribution in [2.24, 2.45) is 0 Å². The van der Waals surface area contributed by atoms with Crippen molar-refractivity contribution < 1.29 is 8.42 Å². The average molecular weight is 267 g/mol. The third kappa shape index (κ3) is 2.97. The summed E-state index contributed by atoms with van der Waals surface area (Å²) in [6, 6.07) is 0.511. The van der Waals surface area contributed by atoms with E-state index in [9.17, 15) is 8.42 Å². The van der Waals surface area contributed by atoms with E-state index in [-0.39, 0.29) is 23.5 Å². The highest BCUT2D eigenvalue weighted by Crippen LogP contribution is 2.30. The third-order valence-corrected chi connectivity index (χ3v) is 4.98. The molecule has 1 saturated heterocycles. The molecule has 0 bridgehead atoms. The molecule has 2 aliphatic rings. The van der Waals surface area contributed by atoms with Gasteiger partial charge in [-0.05, 0) is 12.8 Å². The fourth-order valence-electron chi connectivity index (χ4n) is 2.13. The van der Waals surface area contributed by atoms with Crippen LogP contribution < -0.4 is 5.32 Å². The van der Waals surface area contributed by atoms with E-state index in [2.05, 4.69) is 16.8 Å². The lowest BCUT2D eigenvalue weighted by molar-refractivity contribution is 0.201. The van der Waals surface area contributed by atoms with E-state index in [0.717, 1.165) is 25.9 Å². The Morgan fingerprint density at radius 1 is 1.44 bits per heavy atom. The topological polar surface area (TPSA) is 49.4 Å². The molecule has 0 amide bonds. The Morgan fingerprint density at radius 3 is 2.69 bits per heavy atom. The summed E-state index contributed by atoms with van der Waals surface area (Å²) in [4.78, 5) is 2.15. The SMILES string of the molecule is C=CCS(=O)(=O)C1CNCCN1C1CC1.Cl. The number of nitrogens with zero attached hydrogens (tertiary/aromatic N) is 1. The molecule has 1 heterocycles. The summed E-state index contributed by atoms with van der Waals surface area (Å²) in [7, 11) is -3.04. The Hall–Kier alpha value is -0.100. The molecule has 4 nitrogen and oxygen atoms in total. The number of rotatable bonds is 4. The largest absolute Gasteiger partial charge is 0.313 e. The lowest BCUT2D eigenvalue weighted by Crippen LogP contribution is -2.55. The van der Waals surface area contributed by atoms with Gasteiger partial charge in [-0.25, -0.2) is 8.42 Å². The van der Waals surface area contributed by atoms with Crippen LogP contribution in [0.25, 0.3) is 0 Å². The molecule has 16 heavy (non-hydrogen) atoms. The summed E-state index contributed by atoms with van der Waals surface area (Å²) < 4.78 is 24.0. The van der Waals surface area contributed by atoms with Gasteiger partial charge in [0.05, 0.1) is 5.75 Å². The van der Waals surface area contributed by atoms with Crippen LogP contribution in [0.1, 0.15) is 12.8 Å². The van der Waals surface area contributed by atoms with Crippen LogP contribution >= 0.6 is 12.4 Å². The highest BCUT2D eigenvalue weighted by molar-refractivity contribution is 7.92. The van der Waals surface area contributed by atoms with Gasteiger partial charge in [0, 0.05) is 25.7 Å². The van der Waals surface area contributed by atoms with E-state index in [1.165, 1.54) is 6.08 Å². The number of nitrogens with one attached hydrogen (secondary N) is 1. The lowest BCUT2D eigenvalue weighted by Gasteiger charge is -2.35. The molecule has 2 fully saturated rings. The van der Waals surface area contributed by atoms with Crippen molar-refractivity contribution >= 4 is 22.2 Å². The van der Waals surface area contributed by atoms with E-state index in [1.54, 1.807) is 0 Å². The molecule has 2 rings (SSSR count). The Kier molecular flexibility index (Phi) is 4.79. The van der Waals surface area contributed by atoms with Crippen LogP contribution in [0.3, 0.4) is 0 Å². The minimum absolute atomic E-state index is 0. The molecule has 94 valence electrons. The van der Waals surface area contributed by atoms with Gasteiger partial charge >= 0.3 is 0 Å². The molecule has 1 atom stereocenters. The molecule has 1 N–H and O–H groups in total. The van der Waals surface area contributed by atoms with Crippen LogP contribution in [-0.4, -0.2) is 50.1 Å². The van der Waals surface area contributed by atoms with Gasteiger partial charge in [0.2, 0.25) is 0 Å². The zero-order valence-corrected chi connectivity index (χ0v) is 10.9. The second kappa shape index (κ2) is 5.49. The van der Waals surface area contributed by atoms with Crippen LogP contribution in [-0.2, 0) is 9.84 Å². The minimum Gasteiger partial charge on any atom is -0.313 e. The van der Waals surface area contributed by atoms with Gasteiger partial charge in [-0.1, -0.05) is 6.08 Å². The van der Waals surface area contributed by atoms with Crippen molar-refractivity contribution in [2.45, 2.75) is 24.3 Å². The first-order chi connectivity index (χ1) is 7.15. The summed E-state index contributed by atoms with van der Waals surface area (Å²) >= 11 is 0. The van der Waals surface area contributed by atoms with E-state index < -0.39 is 9.84 Å². The van der Waals surface area contributed by atoms with Crippen molar-refractivity contribution in [3.8, 4) is 0 Å². The van der Waals surface area contributed by atoms with Gasteiger partial charge in [-0.3, -0.25) is 4.90 Å². The van der Waals surface area contributed by atoms with E-state index >= 15 is 0 Å². The summed E-state index contributed by atoms with van der Waals surface area (Å²) in [5, 5.41) is 2.82. The van der Waals surface area contributed by atoms with Crippen molar-refractivity contribution in [3.63, 3.8) is 0 Å². The van der Waals surface area contributed by atoms with Gasteiger partial charge in [0.15, 0.2) is 9.84 Å². The predicted octanol–water partition coefficient (Wildman–Crippen LogP) is 0.403. The monoisotopic (exact) mass is 266 g/mol. The molecule has 1 aliphatic carbocycles.